The lowest BCUT2D eigenvalue weighted by Crippen LogP contribution is -2.04. The third-order valence-corrected chi connectivity index (χ3v) is 6.17. The van der Waals surface area contributed by atoms with Crippen molar-refractivity contribution in [3.05, 3.63) is 69.6 Å². The molecule has 28 heavy (non-hydrogen) atoms. The minimum absolute atomic E-state index is 0.0255. The van der Waals surface area contributed by atoms with Crippen molar-refractivity contribution in [2.24, 2.45) is 0 Å². The first-order chi connectivity index (χ1) is 13.7. The molecule has 0 saturated heterocycles. The van der Waals surface area contributed by atoms with Gasteiger partial charge in [0.05, 0.1) is 25.8 Å². The molecule has 0 saturated carbocycles. The number of nitrogens with zero attached hydrogens (tertiary/aromatic N) is 5. The molecule has 0 spiro atoms. The maximum absolute atomic E-state index is 12.3. The van der Waals surface area contributed by atoms with E-state index in [0.717, 1.165) is 3.79 Å². The standard InChI is InChI=1S/C19H12BrN5OS2/c20-16-8-7-15(28-16)14(26)11-27-19-23-17(12-5-1-3-9-21-12)18(24-25-19)13-6-2-4-10-22-13/h1-10H,11H2. The zero-order valence-corrected chi connectivity index (χ0v) is 17.5. The monoisotopic (exact) mass is 469 g/mol. The second-order valence-corrected chi connectivity index (χ2v) is 8.94. The normalized spacial score (nSPS) is 10.8. The molecule has 0 atom stereocenters. The number of halogens is 1. The van der Waals surface area contributed by atoms with Gasteiger partial charge in [-0.1, -0.05) is 23.9 Å². The molecule has 4 heterocycles. The number of hydrogen-bond donors (Lipinski definition) is 0. The van der Waals surface area contributed by atoms with Gasteiger partial charge in [-0.3, -0.25) is 14.8 Å². The number of thiophene rings is 1. The van der Waals surface area contributed by atoms with Crippen molar-refractivity contribution in [3.8, 4) is 22.8 Å². The molecule has 0 aliphatic carbocycles. The van der Waals surface area contributed by atoms with Crippen LogP contribution in [-0.2, 0) is 0 Å². The van der Waals surface area contributed by atoms with Gasteiger partial charge in [-0.15, -0.1) is 21.5 Å². The van der Waals surface area contributed by atoms with Crippen LogP contribution < -0.4 is 0 Å². The van der Waals surface area contributed by atoms with Crippen LogP contribution in [0.15, 0.2) is 69.9 Å². The fourth-order valence-electron chi connectivity index (χ4n) is 2.39. The minimum atomic E-state index is 0.0255. The Balaban J connectivity index is 1.64. The molecule has 138 valence electrons. The number of aromatic nitrogens is 5. The lowest BCUT2D eigenvalue weighted by atomic mass is 10.1. The summed E-state index contributed by atoms with van der Waals surface area (Å²) in [5, 5.41) is 8.94. The van der Waals surface area contributed by atoms with Crippen LogP contribution >= 0.6 is 39.0 Å². The summed E-state index contributed by atoms with van der Waals surface area (Å²) in [5.74, 6) is 0.261. The number of Topliss-reactive ketones (excluding diaryl/α,β-unsaturated/α-hetero) is 1. The Labute approximate surface area is 177 Å². The fourth-order valence-corrected chi connectivity index (χ4v) is 4.48. The maximum Gasteiger partial charge on any atom is 0.210 e. The molecule has 0 radical (unpaired) electrons. The predicted molar refractivity (Wildman–Crippen MR) is 113 cm³/mol. The van der Waals surface area contributed by atoms with E-state index >= 15 is 0 Å². The van der Waals surface area contributed by atoms with Crippen LogP contribution in [0.25, 0.3) is 22.8 Å². The molecule has 0 unspecified atom stereocenters. The highest BCUT2D eigenvalue weighted by atomic mass is 79.9. The van der Waals surface area contributed by atoms with Crippen molar-refractivity contribution in [1.82, 2.24) is 25.1 Å². The van der Waals surface area contributed by atoms with Crippen LogP contribution in [0.2, 0.25) is 0 Å². The summed E-state index contributed by atoms with van der Waals surface area (Å²) in [4.78, 5) is 26.4. The molecule has 0 aliphatic rings. The van der Waals surface area contributed by atoms with E-state index in [4.69, 9.17) is 0 Å². The second kappa shape index (κ2) is 8.68. The topological polar surface area (TPSA) is 81.5 Å². The first kappa shape index (κ1) is 18.9. The van der Waals surface area contributed by atoms with E-state index in [1.54, 1.807) is 18.5 Å². The molecule has 4 aromatic heterocycles. The number of carbonyl (C=O) groups excluding carboxylic acids is 1. The molecule has 6 nitrogen and oxygen atoms in total. The van der Waals surface area contributed by atoms with Gasteiger partial charge in [-0.2, -0.15) is 0 Å². The Hall–Kier alpha value is -2.49. The van der Waals surface area contributed by atoms with Crippen molar-refractivity contribution in [2.75, 3.05) is 5.75 Å². The van der Waals surface area contributed by atoms with Crippen LogP contribution in [0.5, 0.6) is 0 Å². The van der Waals surface area contributed by atoms with Gasteiger partial charge in [0.25, 0.3) is 0 Å². The van der Waals surface area contributed by atoms with Crippen LogP contribution in [-0.4, -0.2) is 36.7 Å². The molecule has 0 fully saturated rings. The fraction of sp³-hybridized carbons (Fsp3) is 0.0526. The Morgan fingerprint density at radius 1 is 0.929 bits per heavy atom. The highest BCUT2D eigenvalue weighted by molar-refractivity contribution is 9.11. The van der Waals surface area contributed by atoms with Gasteiger partial charge in [0.2, 0.25) is 5.16 Å². The van der Waals surface area contributed by atoms with Crippen LogP contribution in [0.1, 0.15) is 9.67 Å². The van der Waals surface area contributed by atoms with Gasteiger partial charge in [-0.25, -0.2) is 4.98 Å². The Morgan fingerprint density at radius 2 is 1.64 bits per heavy atom. The van der Waals surface area contributed by atoms with E-state index in [1.807, 2.05) is 42.5 Å². The average Bonchev–Trinajstić information content (AvgIpc) is 3.19. The number of carbonyl (C=O) groups is 1. The Bertz CT molecular complexity index is 1110. The van der Waals surface area contributed by atoms with E-state index in [9.17, 15) is 4.79 Å². The molecule has 4 aromatic rings. The van der Waals surface area contributed by atoms with Crippen molar-refractivity contribution < 1.29 is 4.79 Å². The second-order valence-electron chi connectivity index (χ2n) is 5.54. The van der Waals surface area contributed by atoms with Gasteiger partial charge >= 0.3 is 0 Å². The van der Waals surface area contributed by atoms with E-state index in [0.29, 0.717) is 32.8 Å². The molecule has 0 bridgehead atoms. The molecule has 0 aliphatic heterocycles. The van der Waals surface area contributed by atoms with Gasteiger partial charge < -0.3 is 0 Å². The summed E-state index contributed by atoms with van der Waals surface area (Å²) in [6.07, 6.45) is 3.39. The smallest absolute Gasteiger partial charge is 0.210 e. The third-order valence-electron chi connectivity index (χ3n) is 3.66. The maximum atomic E-state index is 12.3. The summed E-state index contributed by atoms with van der Waals surface area (Å²) < 4.78 is 0.927. The van der Waals surface area contributed by atoms with Crippen LogP contribution in [0.3, 0.4) is 0 Å². The van der Waals surface area contributed by atoms with Crippen molar-refractivity contribution in [2.45, 2.75) is 5.16 Å². The van der Waals surface area contributed by atoms with Crippen molar-refractivity contribution in [1.29, 1.82) is 0 Å². The van der Waals surface area contributed by atoms with Gasteiger partial charge in [-0.05, 0) is 52.3 Å². The Morgan fingerprint density at radius 3 is 2.25 bits per heavy atom. The lowest BCUT2D eigenvalue weighted by Gasteiger charge is -2.07. The Kier molecular flexibility index (Phi) is 5.84. The molecular weight excluding hydrogens is 458 g/mol. The SMILES string of the molecule is O=C(CSc1nnc(-c2ccccn2)c(-c2ccccn2)n1)c1ccc(Br)s1. The zero-order valence-electron chi connectivity index (χ0n) is 14.3. The van der Waals surface area contributed by atoms with Crippen molar-refractivity contribution in [3.63, 3.8) is 0 Å². The van der Waals surface area contributed by atoms with E-state index in [2.05, 4.69) is 41.1 Å². The van der Waals surface area contributed by atoms with Crippen LogP contribution in [0.4, 0.5) is 0 Å². The molecule has 4 rings (SSSR count). The first-order valence-corrected chi connectivity index (χ1v) is 10.8. The first-order valence-electron chi connectivity index (χ1n) is 8.19. The third kappa shape index (κ3) is 4.32. The summed E-state index contributed by atoms with van der Waals surface area (Å²) in [6, 6.07) is 14.8. The molecule has 0 aromatic carbocycles. The minimum Gasteiger partial charge on any atom is -0.292 e. The lowest BCUT2D eigenvalue weighted by molar-refractivity contribution is 0.102. The average molecular weight is 470 g/mol. The molecular formula is C19H12BrN5OS2. The van der Waals surface area contributed by atoms with E-state index in [1.165, 1.54) is 23.1 Å². The van der Waals surface area contributed by atoms with E-state index in [-0.39, 0.29) is 11.5 Å². The number of ketones is 1. The predicted octanol–water partition coefficient (Wildman–Crippen LogP) is 4.79. The summed E-state index contributed by atoms with van der Waals surface area (Å²) in [6.45, 7) is 0. The number of thioether (sulfide) groups is 1. The highest BCUT2D eigenvalue weighted by Crippen LogP contribution is 2.28. The van der Waals surface area contributed by atoms with Gasteiger partial charge in [0.1, 0.15) is 11.4 Å². The van der Waals surface area contributed by atoms with E-state index < -0.39 is 0 Å². The number of rotatable bonds is 6. The number of pyridine rings is 2. The van der Waals surface area contributed by atoms with Crippen LogP contribution in [0, 0.1) is 0 Å². The van der Waals surface area contributed by atoms with Gasteiger partial charge in [0, 0.05) is 12.4 Å². The molecule has 9 heteroatoms. The molecule has 0 amide bonds. The number of hydrogen-bond acceptors (Lipinski definition) is 8. The van der Waals surface area contributed by atoms with Crippen molar-refractivity contribution >= 4 is 44.8 Å². The van der Waals surface area contributed by atoms with Gasteiger partial charge in [0.15, 0.2) is 5.78 Å². The summed E-state index contributed by atoms with van der Waals surface area (Å²) >= 11 is 6.04. The summed E-state index contributed by atoms with van der Waals surface area (Å²) in [7, 11) is 0. The summed E-state index contributed by atoms with van der Waals surface area (Å²) in [5.41, 5.74) is 2.48. The molecule has 0 N–H and O–H groups in total. The largest absolute Gasteiger partial charge is 0.292 e. The quantitative estimate of drug-likeness (QED) is 0.296. The zero-order chi connectivity index (χ0) is 19.3. The highest BCUT2D eigenvalue weighted by Gasteiger charge is 2.17.